The Hall–Kier alpha value is -1.89. The molecule has 0 radical (unpaired) electrons. The van der Waals surface area contributed by atoms with Crippen molar-refractivity contribution in [1.82, 2.24) is 0 Å². The number of rotatable bonds is 1. The minimum absolute atomic E-state index is 0.194. The van der Waals surface area contributed by atoms with Crippen LogP contribution in [0.3, 0.4) is 0 Å². The van der Waals surface area contributed by atoms with E-state index in [0.717, 1.165) is 6.42 Å². The molecule has 0 bridgehead atoms. The molecule has 0 saturated carbocycles. The molecule has 1 aliphatic rings. The van der Waals surface area contributed by atoms with E-state index in [1.807, 2.05) is 6.21 Å². The Kier molecular flexibility index (Phi) is 2.30. The van der Waals surface area contributed by atoms with Gasteiger partial charge in [0.25, 0.3) is 0 Å². The number of aliphatic imine (C=N–C) groups is 1. The number of benzene rings is 2. The Labute approximate surface area is 95.1 Å². The SMILES string of the molecule is C1=CC(c2cccc3ccccc23)N=CC1. The van der Waals surface area contributed by atoms with Gasteiger partial charge in [-0.3, -0.25) is 4.99 Å². The zero-order chi connectivity index (χ0) is 10.8. The van der Waals surface area contributed by atoms with Crippen LogP contribution in [0.5, 0.6) is 0 Å². The average Bonchev–Trinajstić information content (AvgIpc) is 2.39. The molecular weight excluding hydrogens is 194 g/mol. The fourth-order valence-electron chi connectivity index (χ4n) is 2.18. The van der Waals surface area contributed by atoms with Gasteiger partial charge in [0.2, 0.25) is 0 Å². The second-order valence-electron chi connectivity index (χ2n) is 4.01. The predicted molar refractivity (Wildman–Crippen MR) is 68.9 cm³/mol. The molecule has 1 heteroatoms. The van der Waals surface area contributed by atoms with Gasteiger partial charge in [0.15, 0.2) is 0 Å². The van der Waals surface area contributed by atoms with E-state index in [2.05, 4.69) is 59.6 Å². The summed E-state index contributed by atoms with van der Waals surface area (Å²) >= 11 is 0. The predicted octanol–water partition coefficient (Wildman–Crippen LogP) is 3.91. The molecule has 1 aliphatic heterocycles. The minimum Gasteiger partial charge on any atom is -0.285 e. The summed E-state index contributed by atoms with van der Waals surface area (Å²) in [7, 11) is 0. The molecule has 2 aromatic rings. The van der Waals surface area contributed by atoms with Gasteiger partial charge in [-0.05, 0) is 16.3 Å². The summed E-state index contributed by atoms with van der Waals surface area (Å²) in [5.74, 6) is 0. The van der Waals surface area contributed by atoms with Gasteiger partial charge in [-0.1, -0.05) is 54.6 Å². The number of dihydropyridines is 1. The number of allylic oxidation sites excluding steroid dienone is 1. The summed E-state index contributed by atoms with van der Waals surface area (Å²) in [5.41, 5.74) is 1.30. The van der Waals surface area contributed by atoms with E-state index in [1.165, 1.54) is 16.3 Å². The second kappa shape index (κ2) is 3.93. The summed E-state index contributed by atoms with van der Waals surface area (Å²) in [6.45, 7) is 0. The first-order chi connectivity index (χ1) is 7.95. The molecule has 1 heterocycles. The Morgan fingerprint density at radius 1 is 1.00 bits per heavy atom. The Morgan fingerprint density at radius 2 is 1.88 bits per heavy atom. The first kappa shape index (κ1) is 9.34. The zero-order valence-corrected chi connectivity index (χ0v) is 9.01. The lowest BCUT2D eigenvalue weighted by atomic mass is 9.98. The maximum absolute atomic E-state index is 4.54. The van der Waals surface area contributed by atoms with Crippen LogP contribution in [0, 0.1) is 0 Å². The third-order valence-corrected chi connectivity index (χ3v) is 2.97. The number of hydrogen-bond acceptors (Lipinski definition) is 1. The van der Waals surface area contributed by atoms with E-state index in [1.54, 1.807) is 0 Å². The number of fused-ring (bicyclic) bond motifs is 1. The number of hydrogen-bond donors (Lipinski definition) is 0. The minimum atomic E-state index is 0.194. The van der Waals surface area contributed by atoms with Crippen molar-refractivity contribution in [1.29, 1.82) is 0 Å². The zero-order valence-electron chi connectivity index (χ0n) is 9.01. The molecule has 0 amide bonds. The largest absolute Gasteiger partial charge is 0.285 e. The third kappa shape index (κ3) is 1.54. The summed E-state index contributed by atoms with van der Waals surface area (Å²) in [6.07, 6.45) is 7.31. The van der Waals surface area contributed by atoms with E-state index < -0.39 is 0 Å². The Bertz CT molecular complexity index is 549. The lowest BCUT2D eigenvalue weighted by molar-refractivity contribution is 0.907. The third-order valence-electron chi connectivity index (χ3n) is 2.97. The van der Waals surface area contributed by atoms with Crippen molar-refractivity contribution in [2.24, 2.45) is 4.99 Å². The summed E-state index contributed by atoms with van der Waals surface area (Å²) in [4.78, 5) is 4.54. The highest BCUT2D eigenvalue weighted by Crippen LogP contribution is 2.28. The van der Waals surface area contributed by atoms with Crippen LogP contribution in [0.2, 0.25) is 0 Å². The molecule has 0 spiro atoms. The second-order valence-corrected chi connectivity index (χ2v) is 4.01. The number of nitrogens with zero attached hydrogens (tertiary/aromatic N) is 1. The maximum atomic E-state index is 4.54. The fourth-order valence-corrected chi connectivity index (χ4v) is 2.18. The smallest absolute Gasteiger partial charge is 0.0932 e. The van der Waals surface area contributed by atoms with Crippen LogP contribution in [0.25, 0.3) is 10.8 Å². The van der Waals surface area contributed by atoms with E-state index in [9.17, 15) is 0 Å². The molecule has 0 aliphatic carbocycles. The van der Waals surface area contributed by atoms with Crippen molar-refractivity contribution in [2.75, 3.05) is 0 Å². The van der Waals surface area contributed by atoms with Gasteiger partial charge in [-0.2, -0.15) is 0 Å². The molecule has 1 unspecified atom stereocenters. The first-order valence-corrected chi connectivity index (χ1v) is 5.61. The van der Waals surface area contributed by atoms with Crippen LogP contribution in [-0.4, -0.2) is 6.21 Å². The van der Waals surface area contributed by atoms with Crippen LogP contribution in [0.15, 0.2) is 59.6 Å². The van der Waals surface area contributed by atoms with Crippen molar-refractivity contribution in [3.8, 4) is 0 Å². The lowest BCUT2D eigenvalue weighted by Crippen LogP contribution is -1.96. The van der Waals surface area contributed by atoms with Crippen molar-refractivity contribution >= 4 is 17.0 Å². The monoisotopic (exact) mass is 207 g/mol. The Balaban J connectivity index is 2.19. The standard InChI is InChI=1S/C15H13N/c1-2-8-13-12(6-1)7-5-9-14(13)15-10-3-4-11-16-15/h1-3,5-11,15H,4H2. The normalized spacial score (nSPS) is 19.1. The molecule has 16 heavy (non-hydrogen) atoms. The highest BCUT2D eigenvalue weighted by atomic mass is 14.8. The van der Waals surface area contributed by atoms with Gasteiger partial charge in [-0.15, -0.1) is 0 Å². The molecule has 0 fully saturated rings. The van der Waals surface area contributed by atoms with Crippen LogP contribution in [0.1, 0.15) is 18.0 Å². The highest BCUT2D eigenvalue weighted by molar-refractivity contribution is 5.86. The van der Waals surface area contributed by atoms with Gasteiger partial charge >= 0.3 is 0 Å². The van der Waals surface area contributed by atoms with Crippen molar-refractivity contribution in [3.63, 3.8) is 0 Å². The maximum Gasteiger partial charge on any atom is 0.0932 e. The first-order valence-electron chi connectivity index (χ1n) is 5.61. The van der Waals surface area contributed by atoms with E-state index in [-0.39, 0.29) is 6.04 Å². The summed E-state index contributed by atoms with van der Waals surface area (Å²) in [6, 6.07) is 15.1. The molecule has 0 aromatic heterocycles. The van der Waals surface area contributed by atoms with Crippen molar-refractivity contribution in [3.05, 3.63) is 60.2 Å². The molecule has 0 saturated heterocycles. The molecule has 1 nitrogen and oxygen atoms in total. The van der Waals surface area contributed by atoms with E-state index >= 15 is 0 Å². The van der Waals surface area contributed by atoms with Gasteiger partial charge < -0.3 is 0 Å². The van der Waals surface area contributed by atoms with Gasteiger partial charge in [0.05, 0.1) is 6.04 Å². The van der Waals surface area contributed by atoms with E-state index in [0.29, 0.717) is 0 Å². The Morgan fingerprint density at radius 3 is 2.75 bits per heavy atom. The van der Waals surface area contributed by atoms with Crippen molar-refractivity contribution in [2.45, 2.75) is 12.5 Å². The molecule has 78 valence electrons. The van der Waals surface area contributed by atoms with Crippen molar-refractivity contribution < 1.29 is 0 Å². The molecule has 1 atom stereocenters. The van der Waals surface area contributed by atoms with Crippen LogP contribution in [-0.2, 0) is 0 Å². The average molecular weight is 207 g/mol. The summed E-state index contributed by atoms with van der Waals surface area (Å²) in [5, 5.41) is 2.59. The van der Waals surface area contributed by atoms with Crippen LogP contribution in [0.4, 0.5) is 0 Å². The molecule has 3 rings (SSSR count). The lowest BCUT2D eigenvalue weighted by Gasteiger charge is -2.13. The van der Waals surface area contributed by atoms with Crippen LogP contribution >= 0.6 is 0 Å². The van der Waals surface area contributed by atoms with Gasteiger partial charge in [0, 0.05) is 12.6 Å². The fraction of sp³-hybridized carbons (Fsp3) is 0.133. The van der Waals surface area contributed by atoms with Crippen LogP contribution < -0.4 is 0 Å². The topological polar surface area (TPSA) is 12.4 Å². The van der Waals surface area contributed by atoms with Gasteiger partial charge in [0.1, 0.15) is 0 Å². The van der Waals surface area contributed by atoms with Gasteiger partial charge in [-0.25, -0.2) is 0 Å². The molecular formula is C15H13N. The molecule has 0 N–H and O–H groups in total. The van der Waals surface area contributed by atoms with E-state index in [4.69, 9.17) is 0 Å². The molecule has 2 aromatic carbocycles. The highest BCUT2D eigenvalue weighted by Gasteiger charge is 2.10. The quantitative estimate of drug-likeness (QED) is 0.629. The summed E-state index contributed by atoms with van der Waals surface area (Å²) < 4.78 is 0.